The summed E-state index contributed by atoms with van der Waals surface area (Å²) >= 11 is 0. The van der Waals surface area contributed by atoms with Gasteiger partial charge in [0.05, 0.1) is 12.6 Å². The fourth-order valence-corrected chi connectivity index (χ4v) is 4.97. The number of hydrogen-bond donors (Lipinski definition) is 4. The molecule has 0 aromatic heterocycles. The molecule has 8 nitrogen and oxygen atoms in total. The number of hydrogen-bond acceptors (Lipinski definition) is 7. The van der Waals surface area contributed by atoms with Gasteiger partial charge in [0.2, 0.25) is 5.96 Å². The molecule has 1 aromatic carbocycles. The number of anilines is 1. The van der Waals surface area contributed by atoms with E-state index in [1.807, 2.05) is 19.1 Å². The zero-order valence-electron chi connectivity index (χ0n) is 19.6. The van der Waals surface area contributed by atoms with E-state index >= 15 is 0 Å². The number of hydrazine groups is 1. The molecule has 0 bridgehead atoms. The Morgan fingerprint density at radius 3 is 2.69 bits per heavy atom. The molecule has 2 atom stereocenters. The van der Waals surface area contributed by atoms with E-state index in [-0.39, 0.29) is 6.17 Å². The lowest BCUT2D eigenvalue weighted by molar-refractivity contribution is 0.250. The summed E-state index contributed by atoms with van der Waals surface area (Å²) in [6.07, 6.45) is 10.4. The van der Waals surface area contributed by atoms with Gasteiger partial charge in [-0.3, -0.25) is 10.0 Å². The van der Waals surface area contributed by atoms with Crippen molar-refractivity contribution in [3.63, 3.8) is 0 Å². The zero-order chi connectivity index (χ0) is 22.5. The fraction of sp³-hybridized carbons (Fsp3) is 0.667. The van der Waals surface area contributed by atoms with Gasteiger partial charge in [-0.2, -0.15) is 0 Å². The third-order valence-corrected chi connectivity index (χ3v) is 6.97. The Bertz CT molecular complexity index is 832. The van der Waals surface area contributed by atoms with Gasteiger partial charge in [0.25, 0.3) is 0 Å². The van der Waals surface area contributed by atoms with E-state index in [4.69, 9.17) is 15.8 Å². The molecule has 1 saturated carbocycles. The molecule has 2 unspecified atom stereocenters. The third-order valence-electron chi connectivity index (χ3n) is 6.97. The van der Waals surface area contributed by atoms with Crippen molar-refractivity contribution in [2.24, 2.45) is 15.8 Å². The van der Waals surface area contributed by atoms with E-state index in [1.165, 1.54) is 32.1 Å². The Balaban J connectivity index is 1.52. The highest BCUT2D eigenvalue weighted by molar-refractivity contribution is 6.02. The van der Waals surface area contributed by atoms with Crippen molar-refractivity contribution in [2.75, 3.05) is 25.5 Å². The van der Waals surface area contributed by atoms with E-state index in [1.54, 1.807) is 11.1 Å². The predicted molar refractivity (Wildman–Crippen MR) is 131 cm³/mol. The molecule has 1 aliphatic carbocycles. The second-order valence-corrected chi connectivity index (χ2v) is 9.59. The SMILES string of the molecule is Cc1cc(NC2CC(=NC3CCCCCC3)NC(N(N)CC3CCCN3C)=N2)ccc1O. The number of guanidine groups is 1. The second kappa shape index (κ2) is 10.5. The summed E-state index contributed by atoms with van der Waals surface area (Å²) in [6.45, 7) is 3.76. The van der Waals surface area contributed by atoms with Crippen LogP contribution in [0.5, 0.6) is 5.75 Å². The minimum atomic E-state index is -0.160. The highest BCUT2D eigenvalue weighted by atomic mass is 16.3. The zero-order valence-corrected chi connectivity index (χ0v) is 19.6. The van der Waals surface area contributed by atoms with Crippen molar-refractivity contribution < 1.29 is 5.11 Å². The maximum atomic E-state index is 9.86. The summed E-state index contributed by atoms with van der Waals surface area (Å²) in [6, 6.07) is 6.37. The smallest absolute Gasteiger partial charge is 0.216 e. The quantitative estimate of drug-likeness (QED) is 0.242. The van der Waals surface area contributed by atoms with Crippen LogP contribution < -0.4 is 16.5 Å². The van der Waals surface area contributed by atoms with Crippen LogP contribution in [0.2, 0.25) is 0 Å². The third kappa shape index (κ3) is 5.92. The molecule has 0 spiro atoms. The predicted octanol–water partition coefficient (Wildman–Crippen LogP) is 3.18. The Morgan fingerprint density at radius 1 is 1.22 bits per heavy atom. The normalized spacial score (nSPS) is 26.5. The van der Waals surface area contributed by atoms with Crippen LogP contribution >= 0.6 is 0 Å². The van der Waals surface area contributed by atoms with Gasteiger partial charge in [-0.15, -0.1) is 0 Å². The molecule has 0 amide bonds. The Kier molecular flexibility index (Phi) is 7.52. The van der Waals surface area contributed by atoms with Gasteiger partial charge in [-0.1, -0.05) is 25.7 Å². The summed E-state index contributed by atoms with van der Waals surface area (Å²) in [4.78, 5) is 12.4. The molecule has 2 heterocycles. The lowest BCUT2D eigenvalue weighted by atomic mass is 10.1. The van der Waals surface area contributed by atoms with Crippen molar-refractivity contribution in [1.29, 1.82) is 0 Å². The molecule has 176 valence electrons. The number of phenolic OH excluding ortho intramolecular Hbond substituents is 1. The summed E-state index contributed by atoms with van der Waals surface area (Å²) in [5, 5.41) is 18.6. The summed E-state index contributed by atoms with van der Waals surface area (Å²) < 4.78 is 0. The van der Waals surface area contributed by atoms with Crippen LogP contribution in [0.4, 0.5) is 5.69 Å². The monoisotopic (exact) mass is 441 g/mol. The fourth-order valence-electron chi connectivity index (χ4n) is 4.97. The number of amidine groups is 1. The van der Waals surface area contributed by atoms with Crippen molar-refractivity contribution in [3.8, 4) is 5.75 Å². The average molecular weight is 442 g/mol. The maximum Gasteiger partial charge on any atom is 0.216 e. The molecule has 1 aromatic rings. The first-order chi connectivity index (χ1) is 15.5. The largest absolute Gasteiger partial charge is 0.508 e. The van der Waals surface area contributed by atoms with Crippen LogP contribution in [0.15, 0.2) is 28.2 Å². The van der Waals surface area contributed by atoms with Crippen molar-refractivity contribution in [2.45, 2.75) is 83.0 Å². The number of nitrogens with two attached hydrogens (primary N) is 1. The van der Waals surface area contributed by atoms with Crippen molar-refractivity contribution >= 4 is 17.5 Å². The van der Waals surface area contributed by atoms with E-state index in [0.29, 0.717) is 30.2 Å². The number of phenols is 1. The van der Waals surface area contributed by atoms with Crippen LogP contribution in [-0.2, 0) is 0 Å². The van der Waals surface area contributed by atoms with Crippen LogP contribution in [0.3, 0.4) is 0 Å². The van der Waals surface area contributed by atoms with Gasteiger partial charge in [0.15, 0.2) is 0 Å². The molecule has 2 aliphatic heterocycles. The molecule has 5 N–H and O–H groups in total. The maximum absolute atomic E-state index is 9.86. The van der Waals surface area contributed by atoms with Crippen LogP contribution in [0.1, 0.15) is 63.4 Å². The summed E-state index contributed by atoms with van der Waals surface area (Å²) in [7, 11) is 2.16. The number of aliphatic imine (C=N–C) groups is 2. The Hall–Kier alpha value is -2.32. The molecule has 8 heteroatoms. The number of nitrogens with one attached hydrogen (secondary N) is 2. The minimum Gasteiger partial charge on any atom is -0.508 e. The number of likely N-dealkylation sites (N-methyl/N-ethyl adjacent to an activating group) is 1. The van der Waals surface area contributed by atoms with Crippen LogP contribution in [-0.4, -0.2) is 65.2 Å². The summed E-state index contributed by atoms with van der Waals surface area (Å²) in [5.41, 5.74) is 1.77. The highest BCUT2D eigenvalue weighted by Crippen LogP contribution is 2.24. The standard InChI is InChI=1S/C24H39N7O/c1-17-14-19(11-12-21(17)32)27-23-15-22(26-18-8-5-3-4-6-9-18)28-24(29-23)31(25)16-20-10-7-13-30(20)2/h11-12,14,18,20,23,27,32H,3-10,13,15-16,25H2,1-2H3,(H,26,28,29). The first kappa shape index (κ1) is 22.9. The number of likely N-dealkylation sites (tertiary alicyclic amines) is 1. The second-order valence-electron chi connectivity index (χ2n) is 9.59. The lowest BCUT2D eigenvalue weighted by Crippen LogP contribution is -2.55. The van der Waals surface area contributed by atoms with Crippen LogP contribution in [0.25, 0.3) is 0 Å². The van der Waals surface area contributed by atoms with Gasteiger partial charge >= 0.3 is 0 Å². The highest BCUT2D eigenvalue weighted by Gasteiger charge is 2.27. The minimum absolute atomic E-state index is 0.160. The van der Waals surface area contributed by atoms with E-state index in [2.05, 4.69) is 22.6 Å². The van der Waals surface area contributed by atoms with E-state index in [9.17, 15) is 5.11 Å². The Morgan fingerprint density at radius 2 is 2.00 bits per heavy atom. The number of rotatable bonds is 5. The first-order valence-corrected chi connectivity index (χ1v) is 12.2. The van der Waals surface area contributed by atoms with Gasteiger partial charge in [0.1, 0.15) is 17.8 Å². The number of aromatic hydroxyl groups is 1. The molecular formula is C24H39N7O. The molecule has 32 heavy (non-hydrogen) atoms. The first-order valence-electron chi connectivity index (χ1n) is 12.2. The molecule has 0 radical (unpaired) electrons. The van der Waals surface area contributed by atoms with Crippen LogP contribution in [0, 0.1) is 6.92 Å². The van der Waals surface area contributed by atoms with Gasteiger partial charge < -0.3 is 20.6 Å². The molecule has 1 saturated heterocycles. The van der Waals surface area contributed by atoms with E-state index < -0.39 is 0 Å². The van der Waals surface area contributed by atoms with Crippen molar-refractivity contribution in [1.82, 2.24) is 15.2 Å². The number of benzene rings is 1. The Labute approximate surface area is 191 Å². The van der Waals surface area contributed by atoms with Gasteiger partial charge in [-0.25, -0.2) is 10.8 Å². The lowest BCUT2D eigenvalue weighted by Gasteiger charge is -2.32. The van der Waals surface area contributed by atoms with E-state index in [0.717, 1.165) is 49.4 Å². The summed E-state index contributed by atoms with van der Waals surface area (Å²) in [5.74, 6) is 8.45. The number of aryl methyl sites for hydroxylation is 1. The molecule has 2 fully saturated rings. The average Bonchev–Trinajstić information content (AvgIpc) is 3.00. The molecular weight excluding hydrogens is 402 g/mol. The van der Waals surface area contributed by atoms with Crippen molar-refractivity contribution in [3.05, 3.63) is 23.8 Å². The van der Waals surface area contributed by atoms with Gasteiger partial charge in [-0.05, 0) is 70.0 Å². The molecule has 3 aliphatic rings. The topological polar surface area (TPSA) is 102 Å². The molecule has 4 rings (SSSR count). The van der Waals surface area contributed by atoms with Gasteiger partial charge in [0, 0.05) is 18.2 Å². The number of nitrogens with zero attached hydrogens (tertiary/aromatic N) is 4.